The molecule has 32 heavy (non-hydrogen) atoms. The van der Waals surface area contributed by atoms with E-state index in [0.717, 1.165) is 56.0 Å². The van der Waals surface area contributed by atoms with Crippen LogP contribution < -0.4 is 15.5 Å². The highest BCUT2D eigenvalue weighted by Gasteiger charge is 2.35. The van der Waals surface area contributed by atoms with E-state index in [9.17, 15) is 10.1 Å². The van der Waals surface area contributed by atoms with Crippen LogP contribution in [0.2, 0.25) is 0 Å². The molecule has 1 aromatic heterocycles. The number of anilines is 3. The van der Waals surface area contributed by atoms with Crippen molar-refractivity contribution < 1.29 is 4.79 Å². The molecular formula is C24H27N7O. The summed E-state index contributed by atoms with van der Waals surface area (Å²) in [4.78, 5) is 24.9. The van der Waals surface area contributed by atoms with E-state index >= 15 is 0 Å². The summed E-state index contributed by atoms with van der Waals surface area (Å²) in [5, 5.41) is 16.8. The Morgan fingerprint density at radius 2 is 2.12 bits per heavy atom. The molecule has 2 fully saturated rings. The number of fused-ring (bicyclic) bond motifs is 1. The fourth-order valence-corrected chi connectivity index (χ4v) is 4.53. The van der Waals surface area contributed by atoms with Crippen LogP contribution in [0.4, 0.5) is 17.3 Å². The molecule has 2 aliphatic heterocycles. The maximum atomic E-state index is 11.7. The van der Waals surface area contributed by atoms with E-state index in [1.165, 1.54) is 6.42 Å². The predicted octanol–water partition coefficient (Wildman–Crippen LogP) is 3.58. The minimum absolute atomic E-state index is 0.245. The molecule has 0 bridgehead atoms. The summed E-state index contributed by atoms with van der Waals surface area (Å²) >= 11 is 0. The van der Waals surface area contributed by atoms with Gasteiger partial charge in [0.25, 0.3) is 0 Å². The number of hydrogen-bond donors (Lipinski definition) is 2. The number of nitrogens with zero attached hydrogens (tertiary/aromatic N) is 5. The van der Waals surface area contributed by atoms with Crippen LogP contribution in [0, 0.1) is 11.3 Å². The molecule has 1 amide bonds. The van der Waals surface area contributed by atoms with Gasteiger partial charge in [0.2, 0.25) is 11.9 Å². The number of rotatable bonds is 7. The first-order valence-corrected chi connectivity index (χ1v) is 11.4. The van der Waals surface area contributed by atoms with Crippen molar-refractivity contribution >= 4 is 28.8 Å². The topological polar surface area (TPSA) is 97.2 Å². The Morgan fingerprint density at radius 3 is 2.88 bits per heavy atom. The summed E-state index contributed by atoms with van der Waals surface area (Å²) in [6.07, 6.45) is 7.59. The van der Waals surface area contributed by atoms with Crippen molar-refractivity contribution in [1.29, 1.82) is 5.26 Å². The number of hydrogen-bond acceptors (Lipinski definition) is 7. The molecule has 3 heterocycles. The minimum Gasteiger partial charge on any atom is -0.354 e. The zero-order chi connectivity index (χ0) is 21.9. The molecule has 1 aliphatic carbocycles. The highest BCUT2D eigenvalue weighted by atomic mass is 16.2. The summed E-state index contributed by atoms with van der Waals surface area (Å²) in [5.41, 5.74) is 3.25. The molecule has 1 saturated heterocycles. The summed E-state index contributed by atoms with van der Waals surface area (Å²) in [5.74, 6) is 1.54. The van der Waals surface area contributed by atoms with E-state index in [1.807, 2.05) is 23.1 Å². The number of likely N-dealkylation sites (tertiary alicyclic amines) is 1. The zero-order valence-corrected chi connectivity index (χ0v) is 18.0. The van der Waals surface area contributed by atoms with Gasteiger partial charge in [0, 0.05) is 38.3 Å². The van der Waals surface area contributed by atoms with Gasteiger partial charge in [0.15, 0.2) is 0 Å². The van der Waals surface area contributed by atoms with Crippen molar-refractivity contribution in [3.8, 4) is 6.07 Å². The van der Waals surface area contributed by atoms with Gasteiger partial charge in [-0.3, -0.25) is 4.79 Å². The summed E-state index contributed by atoms with van der Waals surface area (Å²) in [6.45, 7) is 2.28. The smallest absolute Gasteiger partial charge is 0.223 e. The Kier molecular flexibility index (Phi) is 5.63. The standard InChI is InChI=1S/C24H27N7O/c25-16-18(23-28-20-8-1-2-9-21(20)31(23)17-6-3-7-17)19-11-13-27-24(29-19)26-12-5-15-30-14-4-10-22(30)32/h1-2,8-9,11,13,17,28H,3-7,10,12,14-15H2,(H,26,27,29). The van der Waals surface area contributed by atoms with Crippen LogP contribution in [0.15, 0.2) is 42.3 Å². The number of para-hydroxylation sites is 2. The molecule has 0 atom stereocenters. The third-order valence-electron chi connectivity index (χ3n) is 6.42. The van der Waals surface area contributed by atoms with Gasteiger partial charge >= 0.3 is 0 Å². The van der Waals surface area contributed by atoms with E-state index in [1.54, 1.807) is 12.3 Å². The Bertz CT molecular complexity index is 1090. The Hall–Kier alpha value is -3.60. The van der Waals surface area contributed by atoms with Crippen LogP contribution in [-0.4, -0.2) is 46.5 Å². The van der Waals surface area contributed by atoms with E-state index in [0.29, 0.717) is 36.2 Å². The third-order valence-corrected chi connectivity index (χ3v) is 6.42. The van der Waals surface area contributed by atoms with E-state index in [-0.39, 0.29) is 5.91 Å². The lowest BCUT2D eigenvalue weighted by Crippen LogP contribution is -2.39. The molecule has 1 aromatic carbocycles. The lowest BCUT2D eigenvalue weighted by molar-refractivity contribution is -0.127. The molecule has 8 heteroatoms. The van der Waals surface area contributed by atoms with Crippen molar-refractivity contribution in [3.63, 3.8) is 0 Å². The minimum atomic E-state index is 0.245. The molecule has 2 aromatic rings. The first kappa shape index (κ1) is 20.3. The van der Waals surface area contributed by atoms with Gasteiger partial charge in [-0.05, 0) is 50.3 Å². The lowest BCUT2D eigenvalue weighted by Gasteiger charge is -2.37. The number of carbonyl (C=O) groups excluding carboxylic acids is 1. The van der Waals surface area contributed by atoms with Gasteiger partial charge in [-0.15, -0.1) is 0 Å². The average molecular weight is 430 g/mol. The Morgan fingerprint density at radius 1 is 1.25 bits per heavy atom. The van der Waals surface area contributed by atoms with E-state index in [4.69, 9.17) is 0 Å². The van der Waals surface area contributed by atoms with E-state index < -0.39 is 0 Å². The van der Waals surface area contributed by atoms with Gasteiger partial charge < -0.3 is 20.4 Å². The number of nitrogens with one attached hydrogen (secondary N) is 2. The average Bonchev–Trinajstić information content (AvgIpc) is 3.35. The fraction of sp³-hybridized carbons (Fsp3) is 0.417. The molecule has 3 aliphatic rings. The van der Waals surface area contributed by atoms with Crippen molar-refractivity contribution in [3.05, 3.63) is 48.0 Å². The van der Waals surface area contributed by atoms with Gasteiger partial charge in [-0.1, -0.05) is 12.1 Å². The summed E-state index contributed by atoms with van der Waals surface area (Å²) in [6, 6.07) is 12.7. The van der Waals surface area contributed by atoms with Crippen LogP contribution in [0.3, 0.4) is 0 Å². The van der Waals surface area contributed by atoms with Crippen molar-refractivity contribution in [2.75, 3.05) is 35.2 Å². The second kappa shape index (κ2) is 8.87. The van der Waals surface area contributed by atoms with Gasteiger partial charge in [-0.2, -0.15) is 5.26 Å². The number of amides is 1. The van der Waals surface area contributed by atoms with Crippen LogP contribution >= 0.6 is 0 Å². The first-order chi connectivity index (χ1) is 15.7. The quantitative estimate of drug-likeness (QED) is 0.513. The molecule has 8 nitrogen and oxygen atoms in total. The highest BCUT2D eigenvalue weighted by molar-refractivity contribution is 5.91. The number of carbonyl (C=O) groups is 1. The summed E-state index contributed by atoms with van der Waals surface area (Å²) < 4.78 is 0. The highest BCUT2D eigenvalue weighted by Crippen LogP contribution is 2.44. The lowest BCUT2D eigenvalue weighted by atomic mass is 9.91. The maximum Gasteiger partial charge on any atom is 0.223 e. The number of allylic oxidation sites excluding steroid dienone is 1. The first-order valence-electron chi connectivity index (χ1n) is 11.4. The zero-order valence-electron chi connectivity index (χ0n) is 18.0. The van der Waals surface area contributed by atoms with Crippen molar-refractivity contribution in [2.45, 2.75) is 44.6 Å². The molecular weight excluding hydrogens is 402 g/mol. The number of aromatic nitrogens is 2. The molecule has 0 radical (unpaired) electrons. The van der Waals surface area contributed by atoms with Gasteiger partial charge in [-0.25, -0.2) is 9.97 Å². The van der Waals surface area contributed by atoms with Gasteiger partial charge in [0.05, 0.1) is 17.1 Å². The third kappa shape index (κ3) is 3.86. The molecule has 1 saturated carbocycles. The van der Waals surface area contributed by atoms with Crippen LogP contribution in [-0.2, 0) is 4.79 Å². The Labute approximate surface area is 188 Å². The molecule has 0 spiro atoms. The van der Waals surface area contributed by atoms with Crippen LogP contribution in [0.1, 0.15) is 44.2 Å². The van der Waals surface area contributed by atoms with Gasteiger partial charge in [0.1, 0.15) is 17.5 Å². The second-order valence-corrected chi connectivity index (χ2v) is 8.46. The number of nitriles is 1. The second-order valence-electron chi connectivity index (χ2n) is 8.46. The normalized spacial score (nSPS) is 19.3. The van der Waals surface area contributed by atoms with Crippen molar-refractivity contribution in [2.24, 2.45) is 0 Å². The monoisotopic (exact) mass is 429 g/mol. The molecule has 0 unspecified atom stereocenters. The van der Waals surface area contributed by atoms with Crippen LogP contribution in [0.25, 0.3) is 5.57 Å². The predicted molar refractivity (Wildman–Crippen MR) is 124 cm³/mol. The fourth-order valence-electron chi connectivity index (χ4n) is 4.53. The molecule has 164 valence electrons. The van der Waals surface area contributed by atoms with Crippen LogP contribution in [0.5, 0.6) is 0 Å². The largest absolute Gasteiger partial charge is 0.354 e. The van der Waals surface area contributed by atoms with E-state index in [2.05, 4.69) is 37.6 Å². The SMILES string of the molecule is N#CC(=C1Nc2ccccc2N1C1CCC1)c1ccnc(NCCCN2CCCC2=O)n1. The summed E-state index contributed by atoms with van der Waals surface area (Å²) in [7, 11) is 0. The molecule has 2 N–H and O–H groups in total. The van der Waals surface area contributed by atoms with Crippen molar-refractivity contribution in [1.82, 2.24) is 14.9 Å². The maximum absolute atomic E-state index is 11.7. The Balaban J connectivity index is 1.33. The molecule has 5 rings (SSSR count). The number of benzene rings is 1.